The van der Waals surface area contributed by atoms with E-state index < -0.39 is 12.3 Å². The van der Waals surface area contributed by atoms with Crippen LogP contribution in [0.25, 0.3) is 0 Å². The average molecular weight is 640 g/mol. The van der Waals surface area contributed by atoms with Crippen LogP contribution in [0.15, 0.2) is 18.2 Å². The number of hydrogen-bond acceptors (Lipinski definition) is 3. The van der Waals surface area contributed by atoms with Crippen LogP contribution >= 0.6 is 0 Å². The Morgan fingerprint density at radius 2 is 1.65 bits per heavy atom. The highest BCUT2D eigenvalue weighted by Gasteiger charge is 2.59. The molecule has 0 heterocycles. The number of aromatic hydroxyl groups is 1. The summed E-state index contributed by atoms with van der Waals surface area (Å²) in [6.45, 7) is 6.18. The summed E-state index contributed by atoms with van der Waals surface area (Å²) in [4.78, 5) is 15.8. The lowest BCUT2D eigenvalue weighted by Crippen LogP contribution is -2.51. The summed E-state index contributed by atoms with van der Waals surface area (Å²) < 4.78 is 16.1. The molecular weight excluding hydrogens is 573 g/mol. The van der Waals surface area contributed by atoms with E-state index in [1.165, 1.54) is 83.5 Å². The van der Waals surface area contributed by atoms with E-state index in [0.717, 1.165) is 69.2 Å². The predicted molar refractivity (Wildman–Crippen MR) is 187 cm³/mol. The van der Waals surface area contributed by atoms with Crippen molar-refractivity contribution in [3.63, 3.8) is 0 Å². The largest absolute Gasteiger partial charge is 0.508 e. The molecule has 2 N–H and O–H groups in total. The Kier molecular flexibility index (Phi) is 13.3. The van der Waals surface area contributed by atoms with Crippen molar-refractivity contribution in [1.82, 2.24) is 4.90 Å². The molecule has 260 valence electrons. The third-order valence-corrected chi connectivity index (χ3v) is 13.1. The minimum atomic E-state index is -0.963. The number of carbonyl (C=O) groups is 1. The van der Waals surface area contributed by atoms with Crippen molar-refractivity contribution >= 4 is 5.91 Å². The summed E-state index contributed by atoms with van der Waals surface area (Å²) in [6, 6.07) is 5.58. The monoisotopic (exact) mass is 640 g/mol. The first-order valence-electron chi connectivity index (χ1n) is 19.7. The Hall–Kier alpha value is -1.62. The van der Waals surface area contributed by atoms with Crippen LogP contribution in [-0.2, 0) is 11.2 Å². The number of alkyl halides is 1. The molecule has 5 heteroatoms. The predicted octanol–water partition coefficient (Wildman–Crippen LogP) is 10.3. The molecule has 0 saturated heterocycles. The Labute approximate surface area is 280 Å². The van der Waals surface area contributed by atoms with Gasteiger partial charge in [-0.15, -0.1) is 0 Å². The topological polar surface area (TPSA) is 60.8 Å². The van der Waals surface area contributed by atoms with Crippen LogP contribution in [0.4, 0.5) is 4.39 Å². The quantitative estimate of drug-likeness (QED) is 0.167. The van der Waals surface area contributed by atoms with Gasteiger partial charge in [0.1, 0.15) is 11.9 Å². The molecule has 0 aliphatic heterocycles. The Morgan fingerprint density at radius 3 is 2.39 bits per heavy atom. The molecule has 46 heavy (non-hydrogen) atoms. The maximum atomic E-state index is 16.1. The van der Waals surface area contributed by atoms with Crippen LogP contribution in [0, 0.1) is 29.1 Å². The van der Waals surface area contributed by atoms with Crippen LogP contribution in [0.1, 0.15) is 166 Å². The number of carbonyl (C=O) groups excluding carboxylic acids is 1. The van der Waals surface area contributed by atoms with Crippen molar-refractivity contribution in [2.24, 2.45) is 29.1 Å². The standard InChI is InChI=1S/C41H66FNO3/c1-3-4-5-6-7-8-9-10-14-20-38(46)43(29-30-17-12-11-13-18-30)25-16-15-19-31-26-32-27-33(44)21-22-34(32)40-36(42)28-41(2)35(39(31)40)23-24-37(41)45/h21-22,27,30-31,35-37,39-40,44-45H,3-20,23-26,28-29H2,1-2H3/t31?,35?,36?,37?,39?,40?,41-/m0/s1. The van der Waals surface area contributed by atoms with E-state index in [2.05, 4.69) is 18.7 Å². The molecule has 4 nitrogen and oxygen atoms in total. The van der Waals surface area contributed by atoms with E-state index >= 15 is 4.39 Å². The summed E-state index contributed by atoms with van der Waals surface area (Å²) >= 11 is 0. The number of amides is 1. The molecule has 0 aromatic heterocycles. The van der Waals surface area contributed by atoms with Gasteiger partial charge in [-0.25, -0.2) is 4.39 Å². The summed E-state index contributed by atoms with van der Waals surface area (Å²) in [6.07, 6.45) is 23.4. The highest BCUT2D eigenvalue weighted by atomic mass is 19.1. The van der Waals surface area contributed by atoms with Crippen molar-refractivity contribution in [3.8, 4) is 5.75 Å². The first-order valence-corrected chi connectivity index (χ1v) is 19.7. The Morgan fingerprint density at radius 1 is 0.935 bits per heavy atom. The lowest BCUT2D eigenvalue weighted by Gasteiger charge is -2.54. The van der Waals surface area contributed by atoms with E-state index in [4.69, 9.17) is 0 Å². The summed E-state index contributed by atoms with van der Waals surface area (Å²) in [5, 5.41) is 21.3. The molecule has 6 unspecified atom stereocenters. The van der Waals surface area contributed by atoms with Gasteiger partial charge in [-0.05, 0) is 110 Å². The first kappa shape index (κ1) is 35.7. The highest BCUT2D eigenvalue weighted by Crippen LogP contribution is 2.63. The first-order chi connectivity index (χ1) is 22.3. The van der Waals surface area contributed by atoms with Crippen LogP contribution in [0.2, 0.25) is 0 Å². The smallest absolute Gasteiger partial charge is 0.222 e. The van der Waals surface area contributed by atoms with Gasteiger partial charge in [-0.2, -0.15) is 0 Å². The third kappa shape index (κ3) is 8.69. The number of phenols is 1. The van der Waals surface area contributed by atoms with Gasteiger partial charge < -0.3 is 15.1 Å². The zero-order valence-electron chi connectivity index (χ0n) is 29.4. The fraction of sp³-hybridized carbons (Fsp3) is 0.829. The van der Waals surface area contributed by atoms with Gasteiger partial charge in [0, 0.05) is 25.4 Å². The fourth-order valence-corrected chi connectivity index (χ4v) is 10.5. The molecule has 0 bridgehead atoms. The lowest BCUT2D eigenvalue weighted by molar-refractivity contribution is -0.132. The number of aliphatic hydroxyl groups is 1. The molecule has 4 aliphatic carbocycles. The Bertz CT molecular complexity index is 1090. The van der Waals surface area contributed by atoms with Crippen molar-refractivity contribution < 1.29 is 19.4 Å². The number of nitrogens with zero attached hydrogens (tertiary/aromatic N) is 1. The number of rotatable bonds is 17. The zero-order chi connectivity index (χ0) is 32.5. The van der Waals surface area contributed by atoms with E-state index in [9.17, 15) is 15.0 Å². The van der Waals surface area contributed by atoms with Gasteiger partial charge in [0.05, 0.1) is 6.10 Å². The van der Waals surface area contributed by atoms with Gasteiger partial charge in [0.2, 0.25) is 5.91 Å². The fourth-order valence-electron chi connectivity index (χ4n) is 10.5. The van der Waals surface area contributed by atoms with Crippen molar-refractivity contribution in [3.05, 3.63) is 29.3 Å². The maximum Gasteiger partial charge on any atom is 0.222 e. The molecule has 3 fully saturated rings. The van der Waals surface area contributed by atoms with E-state index in [1.807, 2.05) is 12.1 Å². The third-order valence-electron chi connectivity index (χ3n) is 13.1. The molecule has 1 amide bonds. The maximum absolute atomic E-state index is 16.1. The number of fused-ring (bicyclic) bond motifs is 5. The van der Waals surface area contributed by atoms with Crippen molar-refractivity contribution in [2.45, 2.75) is 173 Å². The van der Waals surface area contributed by atoms with E-state index in [0.29, 0.717) is 36.5 Å². The number of halogens is 1. The highest BCUT2D eigenvalue weighted by molar-refractivity contribution is 5.76. The SMILES string of the molecule is CCCCCCCCCCCC(=O)N(CCCCC1Cc2cc(O)ccc2C2C(F)C[C@]3(C)C(O)CCC3C12)CC1CCCCC1. The van der Waals surface area contributed by atoms with Crippen LogP contribution in [-0.4, -0.2) is 46.4 Å². The number of benzene rings is 1. The summed E-state index contributed by atoms with van der Waals surface area (Å²) in [7, 11) is 0. The van der Waals surface area contributed by atoms with Crippen LogP contribution in [0.5, 0.6) is 5.75 Å². The molecule has 0 radical (unpaired) electrons. The normalized spacial score (nSPS) is 30.9. The molecule has 4 aliphatic rings. The van der Waals surface area contributed by atoms with Gasteiger partial charge in [-0.3, -0.25) is 4.79 Å². The van der Waals surface area contributed by atoms with Crippen LogP contribution < -0.4 is 0 Å². The second-order valence-electron chi connectivity index (χ2n) is 16.3. The number of hydrogen-bond donors (Lipinski definition) is 2. The molecule has 1 aromatic rings. The van der Waals surface area contributed by atoms with Crippen LogP contribution in [0.3, 0.4) is 0 Å². The van der Waals surface area contributed by atoms with E-state index in [-0.39, 0.29) is 23.0 Å². The average Bonchev–Trinajstić information content (AvgIpc) is 3.34. The Balaban J connectivity index is 1.17. The number of aliphatic hydroxyl groups excluding tert-OH is 1. The van der Waals surface area contributed by atoms with Crippen molar-refractivity contribution in [1.29, 1.82) is 0 Å². The second-order valence-corrected chi connectivity index (χ2v) is 16.3. The van der Waals surface area contributed by atoms with Gasteiger partial charge in [0.15, 0.2) is 0 Å². The minimum absolute atomic E-state index is 0.140. The van der Waals surface area contributed by atoms with E-state index in [1.54, 1.807) is 6.07 Å². The minimum Gasteiger partial charge on any atom is -0.508 e. The summed E-state index contributed by atoms with van der Waals surface area (Å²) in [5.41, 5.74) is 1.87. The van der Waals surface area contributed by atoms with Crippen molar-refractivity contribution in [2.75, 3.05) is 13.1 Å². The lowest BCUT2D eigenvalue weighted by atomic mass is 9.51. The number of unbranched alkanes of at least 4 members (excludes halogenated alkanes) is 9. The molecule has 0 spiro atoms. The molecule has 3 saturated carbocycles. The van der Waals surface area contributed by atoms with Gasteiger partial charge in [-0.1, -0.05) is 97.0 Å². The molecular formula is C41H66FNO3. The zero-order valence-corrected chi connectivity index (χ0v) is 29.4. The summed E-state index contributed by atoms with van der Waals surface area (Å²) in [5.74, 6) is 2.06. The van der Waals surface area contributed by atoms with Gasteiger partial charge >= 0.3 is 0 Å². The molecule has 5 rings (SSSR count). The van der Waals surface area contributed by atoms with Gasteiger partial charge in [0.25, 0.3) is 0 Å². The molecule has 1 aromatic carbocycles. The second kappa shape index (κ2) is 17.2. The number of phenolic OH excluding ortho intramolecular Hbond substituents is 1. The molecule has 7 atom stereocenters.